The molecule has 28 heavy (non-hydrogen) atoms. The first-order chi connectivity index (χ1) is 13.5. The molecule has 1 aliphatic heterocycles. The predicted molar refractivity (Wildman–Crippen MR) is 105 cm³/mol. The molecule has 4 rings (SSSR count). The fourth-order valence-corrected chi connectivity index (χ4v) is 3.47. The van der Waals surface area contributed by atoms with Crippen LogP contribution in [0.2, 0.25) is 0 Å². The lowest BCUT2D eigenvalue weighted by Gasteiger charge is -2.23. The molecule has 1 aromatic carbocycles. The lowest BCUT2D eigenvalue weighted by Crippen LogP contribution is -2.30. The molecule has 1 saturated heterocycles. The topological polar surface area (TPSA) is 97.9 Å². The summed E-state index contributed by atoms with van der Waals surface area (Å²) in [7, 11) is 0. The molecule has 0 bridgehead atoms. The van der Waals surface area contributed by atoms with Gasteiger partial charge in [0, 0.05) is 11.3 Å². The Morgan fingerprint density at radius 1 is 1.25 bits per heavy atom. The van der Waals surface area contributed by atoms with Crippen LogP contribution in [0.4, 0.5) is 5.69 Å². The Morgan fingerprint density at radius 3 is 2.75 bits per heavy atom. The number of carbonyl (C=O) groups excluding carboxylic acids is 1. The van der Waals surface area contributed by atoms with Gasteiger partial charge >= 0.3 is 0 Å². The summed E-state index contributed by atoms with van der Waals surface area (Å²) >= 11 is 0. The smallest absolute Gasteiger partial charge is 0.278 e. The van der Waals surface area contributed by atoms with E-state index in [2.05, 4.69) is 25.9 Å². The zero-order valence-electron chi connectivity index (χ0n) is 16.3. The van der Waals surface area contributed by atoms with Crippen LogP contribution in [0, 0.1) is 20.8 Å². The Hall–Kier alpha value is -3.00. The minimum absolute atomic E-state index is 0.269. The van der Waals surface area contributed by atoms with Crippen LogP contribution >= 0.6 is 0 Å². The van der Waals surface area contributed by atoms with Gasteiger partial charge in [0.2, 0.25) is 5.89 Å². The zero-order chi connectivity index (χ0) is 19.7. The van der Waals surface area contributed by atoms with Gasteiger partial charge in [0.05, 0.1) is 17.4 Å². The van der Waals surface area contributed by atoms with Crippen molar-refractivity contribution >= 4 is 11.6 Å². The summed E-state index contributed by atoms with van der Waals surface area (Å²) in [5, 5.41) is 14.6. The predicted octanol–water partition coefficient (Wildman–Crippen LogP) is 3.04. The van der Waals surface area contributed by atoms with Crippen LogP contribution in [0.5, 0.6) is 0 Å². The maximum Gasteiger partial charge on any atom is 0.278 e. The van der Waals surface area contributed by atoms with Crippen molar-refractivity contribution in [1.29, 1.82) is 0 Å². The van der Waals surface area contributed by atoms with Gasteiger partial charge < -0.3 is 15.1 Å². The maximum absolute atomic E-state index is 12.8. The van der Waals surface area contributed by atoms with Crippen molar-refractivity contribution < 1.29 is 9.21 Å². The average molecular weight is 380 g/mol. The Kier molecular flexibility index (Phi) is 4.95. The van der Waals surface area contributed by atoms with Gasteiger partial charge in [-0.1, -0.05) is 11.3 Å². The zero-order valence-corrected chi connectivity index (χ0v) is 16.3. The SMILES string of the molecule is Cc1nc(-c2cccc(NC(=O)c3nnn(C4CCNCC4)c3C)c2)oc1C. The summed E-state index contributed by atoms with van der Waals surface area (Å²) in [6.07, 6.45) is 1.98. The number of benzene rings is 1. The highest BCUT2D eigenvalue weighted by Crippen LogP contribution is 2.25. The lowest BCUT2D eigenvalue weighted by molar-refractivity contribution is 0.102. The highest BCUT2D eigenvalue weighted by molar-refractivity contribution is 6.03. The first-order valence-electron chi connectivity index (χ1n) is 9.51. The fourth-order valence-electron chi connectivity index (χ4n) is 3.47. The quantitative estimate of drug-likeness (QED) is 0.722. The van der Waals surface area contributed by atoms with Crippen molar-refractivity contribution in [1.82, 2.24) is 25.3 Å². The third kappa shape index (κ3) is 3.55. The number of nitrogens with one attached hydrogen (secondary N) is 2. The number of piperidine rings is 1. The second-order valence-corrected chi connectivity index (χ2v) is 7.14. The number of amides is 1. The number of hydrogen-bond donors (Lipinski definition) is 2. The third-order valence-corrected chi connectivity index (χ3v) is 5.19. The summed E-state index contributed by atoms with van der Waals surface area (Å²) in [6.45, 7) is 7.59. The number of oxazole rings is 1. The molecule has 0 saturated carbocycles. The normalized spacial score (nSPS) is 15.0. The Bertz CT molecular complexity index is 981. The third-order valence-electron chi connectivity index (χ3n) is 5.19. The number of carbonyl (C=O) groups is 1. The minimum Gasteiger partial charge on any atom is -0.441 e. The van der Waals surface area contributed by atoms with Gasteiger partial charge in [0.25, 0.3) is 5.91 Å². The lowest BCUT2D eigenvalue weighted by atomic mass is 10.1. The first kappa shape index (κ1) is 18.4. The fraction of sp³-hybridized carbons (Fsp3) is 0.400. The number of aryl methyl sites for hydroxylation is 2. The van der Waals surface area contributed by atoms with Crippen molar-refractivity contribution in [3.05, 3.63) is 47.1 Å². The van der Waals surface area contributed by atoms with Gasteiger partial charge in [-0.15, -0.1) is 5.10 Å². The molecule has 8 nitrogen and oxygen atoms in total. The van der Waals surface area contributed by atoms with E-state index in [9.17, 15) is 4.79 Å². The molecular formula is C20H24N6O2. The van der Waals surface area contributed by atoms with E-state index in [4.69, 9.17) is 4.42 Å². The van der Waals surface area contributed by atoms with E-state index in [-0.39, 0.29) is 11.9 Å². The van der Waals surface area contributed by atoms with Crippen molar-refractivity contribution in [3.8, 4) is 11.5 Å². The number of rotatable bonds is 4. The summed E-state index contributed by atoms with van der Waals surface area (Å²) in [5.74, 6) is 1.06. The number of anilines is 1. The molecule has 1 amide bonds. The molecule has 0 aliphatic carbocycles. The van der Waals surface area contributed by atoms with E-state index < -0.39 is 0 Å². The van der Waals surface area contributed by atoms with E-state index in [0.717, 1.165) is 48.6 Å². The van der Waals surface area contributed by atoms with Crippen molar-refractivity contribution in [2.24, 2.45) is 0 Å². The molecule has 2 aromatic heterocycles. The van der Waals surface area contributed by atoms with E-state index in [1.807, 2.05) is 49.7 Å². The second-order valence-electron chi connectivity index (χ2n) is 7.14. The van der Waals surface area contributed by atoms with Gasteiger partial charge in [-0.2, -0.15) is 0 Å². The van der Waals surface area contributed by atoms with E-state index in [0.29, 0.717) is 17.3 Å². The van der Waals surface area contributed by atoms with Gasteiger partial charge in [0.1, 0.15) is 5.76 Å². The van der Waals surface area contributed by atoms with Crippen LogP contribution in [-0.4, -0.2) is 39.0 Å². The summed E-state index contributed by atoms with van der Waals surface area (Å²) in [6, 6.07) is 7.72. The van der Waals surface area contributed by atoms with Gasteiger partial charge in [0.15, 0.2) is 5.69 Å². The van der Waals surface area contributed by atoms with Gasteiger partial charge in [-0.25, -0.2) is 9.67 Å². The first-order valence-corrected chi connectivity index (χ1v) is 9.51. The van der Waals surface area contributed by atoms with Crippen molar-refractivity contribution in [2.75, 3.05) is 18.4 Å². The molecule has 3 aromatic rings. The van der Waals surface area contributed by atoms with Crippen LogP contribution in [0.1, 0.15) is 46.5 Å². The van der Waals surface area contributed by atoms with E-state index in [1.165, 1.54) is 0 Å². The Balaban J connectivity index is 1.52. The molecule has 3 heterocycles. The molecule has 2 N–H and O–H groups in total. The van der Waals surface area contributed by atoms with Gasteiger partial charge in [-0.3, -0.25) is 4.79 Å². The Labute approximate surface area is 163 Å². The molecule has 0 atom stereocenters. The molecule has 8 heteroatoms. The monoisotopic (exact) mass is 380 g/mol. The van der Waals surface area contributed by atoms with Crippen LogP contribution in [0.25, 0.3) is 11.5 Å². The minimum atomic E-state index is -0.269. The summed E-state index contributed by atoms with van der Waals surface area (Å²) in [4.78, 5) is 17.2. The molecule has 0 radical (unpaired) electrons. The molecule has 0 unspecified atom stereocenters. The largest absolute Gasteiger partial charge is 0.441 e. The standard InChI is InChI=1S/C20H24N6O2/c1-12-14(3)28-20(22-12)15-5-4-6-16(11-15)23-19(27)18-13(2)26(25-24-18)17-7-9-21-10-8-17/h4-6,11,17,21H,7-10H2,1-3H3,(H,23,27). The summed E-state index contributed by atoms with van der Waals surface area (Å²) < 4.78 is 7.56. The Morgan fingerprint density at radius 2 is 2.04 bits per heavy atom. The number of nitrogens with zero attached hydrogens (tertiary/aromatic N) is 4. The van der Waals surface area contributed by atoms with E-state index >= 15 is 0 Å². The van der Waals surface area contributed by atoms with Crippen LogP contribution in [-0.2, 0) is 0 Å². The number of aromatic nitrogens is 4. The van der Waals surface area contributed by atoms with Gasteiger partial charge in [-0.05, 0) is 64.9 Å². The van der Waals surface area contributed by atoms with E-state index in [1.54, 1.807) is 0 Å². The summed E-state index contributed by atoms with van der Waals surface area (Å²) in [5.41, 5.74) is 3.47. The maximum atomic E-state index is 12.8. The molecule has 0 spiro atoms. The highest BCUT2D eigenvalue weighted by atomic mass is 16.4. The molecule has 1 aliphatic rings. The molecular weight excluding hydrogens is 356 g/mol. The average Bonchev–Trinajstić information content (AvgIpc) is 3.25. The van der Waals surface area contributed by atoms with Crippen molar-refractivity contribution in [2.45, 2.75) is 39.7 Å². The van der Waals surface area contributed by atoms with Crippen molar-refractivity contribution in [3.63, 3.8) is 0 Å². The van der Waals surface area contributed by atoms with Crippen LogP contribution < -0.4 is 10.6 Å². The second kappa shape index (κ2) is 7.55. The highest BCUT2D eigenvalue weighted by Gasteiger charge is 2.23. The molecule has 1 fully saturated rings. The van der Waals surface area contributed by atoms with Crippen LogP contribution in [0.3, 0.4) is 0 Å². The molecule has 146 valence electrons. The van der Waals surface area contributed by atoms with Crippen LogP contribution in [0.15, 0.2) is 28.7 Å². The number of hydrogen-bond acceptors (Lipinski definition) is 6.